The van der Waals surface area contributed by atoms with Gasteiger partial charge in [-0.25, -0.2) is 4.98 Å². The summed E-state index contributed by atoms with van der Waals surface area (Å²) in [5.41, 5.74) is 0.245. The zero-order chi connectivity index (χ0) is 13.4. The van der Waals surface area contributed by atoms with Crippen LogP contribution in [-0.2, 0) is 6.61 Å². The second kappa shape index (κ2) is 4.53. The van der Waals surface area contributed by atoms with E-state index < -0.39 is 0 Å². The van der Waals surface area contributed by atoms with E-state index in [4.69, 9.17) is 21.1 Å². The van der Waals surface area contributed by atoms with Crippen LogP contribution in [0.2, 0.25) is 5.02 Å². The number of furan rings is 1. The predicted octanol–water partition coefficient (Wildman–Crippen LogP) is 2.33. The molecule has 3 rings (SSSR count). The predicted molar refractivity (Wildman–Crippen MR) is 71.0 cm³/mol. The summed E-state index contributed by atoms with van der Waals surface area (Å²) in [6, 6.07) is 8.18. The molecule has 0 saturated heterocycles. The van der Waals surface area contributed by atoms with Gasteiger partial charge >= 0.3 is 0 Å². The molecule has 2 heterocycles. The number of halogens is 1. The smallest absolute Gasteiger partial charge is 0.259 e. The van der Waals surface area contributed by atoms with Crippen molar-refractivity contribution >= 4 is 22.5 Å². The minimum absolute atomic E-state index is 0.201. The third-order valence-electron chi connectivity index (χ3n) is 2.72. The van der Waals surface area contributed by atoms with E-state index in [9.17, 15) is 4.79 Å². The summed E-state index contributed by atoms with van der Waals surface area (Å²) in [5, 5.41) is 9.86. The molecular formula is C13H9ClN2O3. The summed E-state index contributed by atoms with van der Waals surface area (Å²) in [6.45, 7) is -0.201. The van der Waals surface area contributed by atoms with Crippen LogP contribution in [0.5, 0.6) is 0 Å². The van der Waals surface area contributed by atoms with Crippen molar-refractivity contribution < 1.29 is 9.52 Å². The molecule has 0 radical (unpaired) electrons. The first-order valence-corrected chi connectivity index (χ1v) is 5.95. The van der Waals surface area contributed by atoms with Crippen molar-refractivity contribution in [3.8, 4) is 11.6 Å². The van der Waals surface area contributed by atoms with Crippen LogP contribution in [0.3, 0.4) is 0 Å². The molecule has 3 aromatic rings. The number of benzene rings is 1. The minimum atomic E-state index is -0.288. The molecule has 0 fully saturated rings. The Kier molecular flexibility index (Phi) is 2.85. The number of hydrogen-bond donors (Lipinski definition) is 2. The van der Waals surface area contributed by atoms with Crippen LogP contribution in [0, 0.1) is 0 Å². The summed E-state index contributed by atoms with van der Waals surface area (Å²) in [4.78, 5) is 18.9. The van der Waals surface area contributed by atoms with E-state index in [0.717, 1.165) is 0 Å². The van der Waals surface area contributed by atoms with E-state index in [1.165, 1.54) is 0 Å². The highest BCUT2D eigenvalue weighted by Crippen LogP contribution is 2.20. The van der Waals surface area contributed by atoms with Crippen molar-refractivity contribution in [2.45, 2.75) is 6.61 Å². The van der Waals surface area contributed by atoms with Crippen molar-refractivity contribution in [2.24, 2.45) is 0 Å². The highest BCUT2D eigenvalue weighted by Gasteiger charge is 2.10. The van der Waals surface area contributed by atoms with Crippen molar-refractivity contribution in [3.63, 3.8) is 0 Å². The standard InChI is InChI=1S/C13H9ClN2O3/c14-7-1-3-10-9(5-7)13(18)16-12(15-10)11-4-2-8(6-17)19-11/h1-5,17H,6H2,(H,15,16,18). The van der Waals surface area contributed by atoms with E-state index in [1.54, 1.807) is 30.3 Å². The van der Waals surface area contributed by atoms with Gasteiger partial charge in [-0.15, -0.1) is 0 Å². The summed E-state index contributed by atoms with van der Waals surface area (Å²) < 4.78 is 5.34. The Morgan fingerprint density at radius 1 is 1.32 bits per heavy atom. The Morgan fingerprint density at radius 2 is 2.16 bits per heavy atom. The van der Waals surface area contributed by atoms with Gasteiger partial charge < -0.3 is 14.5 Å². The molecule has 96 valence electrons. The lowest BCUT2D eigenvalue weighted by Crippen LogP contribution is -2.09. The molecule has 6 heteroatoms. The molecule has 0 aliphatic rings. The largest absolute Gasteiger partial charge is 0.455 e. The number of nitrogens with one attached hydrogen (secondary N) is 1. The molecule has 0 atom stereocenters. The van der Waals surface area contributed by atoms with Crippen molar-refractivity contribution in [1.82, 2.24) is 9.97 Å². The number of fused-ring (bicyclic) bond motifs is 1. The number of H-pyrrole nitrogens is 1. The van der Waals surface area contributed by atoms with Gasteiger partial charge in [0.25, 0.3) is 5.56 Å². The van der Waals surface area contributed by atoms with E-state index in [0.29, 0.717) is 33.3 Å². The van der Waals surface area contributed by atoms with Gasteiger partial charge in [0.05, 0.1) is 10.9 Å². The van der Waals surface area contributed by atoms with Crippen LogP contribution in [-0.4, -0.2) is 15.1 Å². The fraction of sp³-hybridized carbons (Fsp3) is 0.0769. The van der Waals surface area contributed by atoms with Gasteiger partial charge in [-0.2, -0.15) is 0 Å². The maximum Gasteiger partial charge on any atom is 0.259 e. The van der Waals surface area contributed by atoms with E-state index in [2.05, 4.69) is 9.97 Å². The van der Waals surface area contributed by atoms with Gasteiger partial charge in [-0.1, -0.05) is 11.6 Å². The van der Waals surface area contributed by atoms with Gasteiger partial charge in [0.1, 0.15) is 12.4 Å². The maximum absolute atomic E-state index is 12.0. The lowest BCUT2D eigenvalue weighted by Gasteiger charge is -2.00. The first kappa shape index (κ1) is 12.0. The Hall–Kier alpha value is -2.11. The fourth-order valence-electron chi connectivity index (χ4n) is 1.82. The van der Waals surface area contributed by atoms with E-state index in [1.807, 2.05) is 0 Å². The van der Waals surface area contributed by atoms with Gasteiger partial charge in [0.2, 0.25) is 0 Å². The summed E-state index contributed by atoms with van der Waals surface area (Å²) >= 11 is 5.84. The zero-order valence-electron chi connectivity index (χ0n) is 9.68. The van der Waals surface area contributed by atoms with E-state index in [-0.39, 0.29) is 12.2 Å². The van der Waals surface area contributed by atoms with E-state index >= 15 is 0 Å². The van der Waals surface area contributed by atoms with Crippen LogP contribution in [0.1, 0.15) is 5.76 Å². The molecule has 0 aliphatic heterocycles. The zero-order valence-corrected chi connectivity index (χ0v) is 10.4. The molecule has 5 nitrogen and oxygen atoms in total. The number of hydrogen-bond acceptors (Lipinski definition) is 4. The number of aliphatic hydroxyl groups excluding tert-OH is 1. The second-order valence-electron chi connectivity index (χ2n) is 4.00. The third-order valence-corrected chi connectivity index (χ3v) is 2.95. The lowest BCUT2D eigenvalue weighted by atomic mass is 10.2. The quantitative estimate of drug-likeness (QED) is 0.753. The number of rotatable bonds is 2. The number of aromatic amines is 1. The SMILES string of the molecule is O=c1[nH]c(-c2ccc(CO)o2)nc2ccc(Cl)cc12. The maximum atomic E-state index is 12.0. The van der Waals surface area contributed by atoms with Crippen LogP contribution in [0.4, 0.5) is 0 Å². The minimum Gasteiger partial charge on any atom is -0.455 e. The second-order valence-corrected chi connectivity index (χ2v) is 4.44. The van der Waals surface area contributed by atoms with Crippen LogP contribution in [0.25, 0.3) is 22.5 Å². The molecule has 0 unspecified atom stereocenters. The molecule has 19 heavy (non-hydrogen) atoms. The molecule has 0 saturated carbocycles. The molecule has 0 aliphatic carbocycles. The third kappa shape index (κ3) is 2.14. The number of aromatic nitrogens is 2. The molecule has 0 spiro atoms. The lowest BCUT2D eigenvalue weighted by molar-refractivity contribution is 0.248. The first-order chi connectivity index (χ1) is 9.17. The topological polar surface area (TPSA) is 79.1 Å². The highest BCUT2D eigenvalue weighted by molar-refractivity contribution is 6.31. The molecule has 2 aromatic heterocycles. The normalized spacial score (nSPS) is 11.1. The van der Waals surface area contributed by atoms with Gasteiger partial charge in [-0.3, -0.25) is 4.79 Å². The molecule has 1 aromatic carbocycles. The molecule has 0 amide bonds. The summed E-state index contributed by atoms with van der Waals surface area (Å²) in [5.74, 6) is 1.13. The average Bonchev–Trinajstić information content (AvgIpc) is 2.88. The van der Waals surface area contributed by atoms with Crippen LogP contribution < -0.4 is 5.56 Å². The van der Waals surface area contributed by atoms with Crippen LogP contribution in [0.15, 0.2) is 39.5 Å². The Balaban J connectivity index is 2.20. The first-order valence-electron chi connectivity index (χ1n) is 5.57. The van der Waals surface area contributed by atoms with Crippen LogP contribution >= 0.6 is 11.6 Å². The fourth-order valence-corrected chi connectivity index (χ4v) is 1.99. The van der Waals surface area contributed by atoms with Gasteiger partial charge in [-0.05, 0) is 30.3 Å². The molecule has 2 N–H and O–H groups in total. The summed E-state index contributed by atoms with van der Waals surface area (Å²) in [6.07, 6.45) is 0. The Labute approximate surface area is 112 Å². The molecular weight excluding hydrogens is 268 g/mol. The monoisotopic (exact) mass is 276 g/mol. The number of nitrogens with zero attached hydrogens (tertiary/aromatic N) is 1. The number of aliphatic hydroxyl groups is 1. The Morgan fingerprint density at radius 3 is 2.89 bits per heavy atom. The summed E-state index contributed by atoms with van der Waals surface area (Å²) in [7, 11) is 0. The van der Waals surface area contributed by atoms with Gasteiger partial charge in [0.15, 0.2) is 11.6 Å². The van der Waals surface area contributed by atoms with Crippen molar-refractivity contribution in [3.05, 3.63) is 51.5 Å². The molecule has 0 bridgehead atoms. The Bertz CT molecular complexity index is 807. The average molecular weight is 277 g/mol. The van der Waals surface area contributed by atoms with Gasteiger partial charge in [0, 0.05) is 5.02 Å². The highest BCUT2D eigenvalue weighted by atomic mass is 35.5. The van der Waals surface area contributed by atoms with Crippen molar-refractivity contribution in [1.29, 1.82) is 0 Å². The van der Waals surface area contributed by atoms with Crippen molar-refractivity contribution in [2.75, 3.05) is 0 Å².